The molecule has 1 unspecified atom stereocenters. The van der Waals surface area contributed by atoms with E-state index in [-0.39, 0.29) is 11.1 Å². The number of thiol groups is 1. The highest BCUT2D eigenvalue weighted by Crippen LogP contribution is 2.40. The zero-order chi connectivity index (χ0) is 17.2. The van der Waals surface area contributed by atoms with E-state index >= 15 is 0 Å². The molecule has 0 spiro atoms. The van der Waals surface area contributed by atoms with Crippen LogP contribution in [0.3, 0.4) is 0 Å². The van der Waals surface area contributed by atoms with Crippen molar-refractivity contribution in [3.63, 3.8) is 0 Å². The topological polar surface area (TPSA) is 66.8 Å². The standard InChI is InChI=1S/C9H11NOS.C7H8O3S/c1-6-10(2)9-7(11-6)4-3-5-8(9)12;1-6-2-4-7(5-3-6)11(8,9)10/h3-6,12H,1-2H3;2-5H,1H3,(H,8,9,10). The minimum absolute atomic E-state index is 0.0666. The number of para-hydroxylation sites is 1. The van der Waals surface area contributed by atoms with Crippen LogP contribution in [0.5, 0.6) is 5.75 Å². The van der Waals surface area contributed by atoms with Crippen LogP contribution in [0.1, 0.15) is 12.5 Å². The second kappa shape index (κ2) is 6.82. The fourth-order valence-electron chi connectivity index (χ4n) is 2.12. The zero-order valence-corrected chi connectivity index (χ0v) is 14.8. The monoisotopic (exact) mass is 353 g/mol. The number of rotatable bonds is 1. The third kappa shape index (κ3) is 4.19. The molecule has 0 amide bonds. The van der Waals surface area contributed by atoms with Crippen molar-refractivity contribution in [2.45, 2.75) is 29.9 Å². The predicted octanol–water partition coefficient (Wildman–Crippen LogP) is 3.39. The number of ether oxygens (including phenoxy) is 1. The molecular formula is C16H19NO4S2. The molecule has 0 saturated carbocycles. The Morgan fingerprint density at radius 2 is 1.78 bits per heavy atom. The van der Waals surface area contributed by atoms with E-state index < -0.39 is 10.1 Å². The molecule has 0 bridgehead atoms. The first kappa shape index (κ1) is 17.7. The molecule has 23 heavy (non-hydrogen) atoms. The molecule has 3 rings (SSSR count). The Balaban J connectivity index is 0.000000168. The molecule has 1 atom stereocenters. The predicted molar refractivity (Wildman–Crippen MR) is 93.2 cm³/mol. The second-order valence-electron chi connectivity index (χ2n) is 5.24. The van der Waals surface area contributed by atoms with Gasteiger partial charge in [0.15, 0.2) is 6.23 Å². The van der Waals surface area contributed by atoms with Crippen molar-refractivity contribution in [1.82, 2.24) is 0 Å². The minimum Gasteiger partial charge on any atom is -0.469 e. The Labute approximate surface area is 142 Å². The maximum atomic E-state index is 10.5. The summed E-state index contributed by atoms with van der Waals surface area (Å²) >= 11 is 4.37. The highest BCUT2D eigenvalue weighted by molar-refractivity contribution is 7.85. The highest BCUT2D eigenvalue weighted by Gasteiger charge is 2.25. The average molecular weight is 353 g/mol. The Bertz CT molecular complexity index is 788. The molecule has 124 valence electrons. The van der Waals surface area contributed by atoms with E-state index in [1.165, 1.54) is 12.1 Å². The molecule has 0 aliphatic carbocycles. The summed E-state index contributed by atoms with van der Waals surface area (Å²) in [6.07, 6.45) is 0.119. The van der Waals surface area contributed by atoms with Gasteiger partial charge in [0.25, 0.3) is 10.1 Å². The van der Waals surface area contributed by atoms with Crippen LogP contribution in [-0.2, 0) is 10.1 Å². The third-order valence-corrected chi connectivity index (χ3v) is 4.72. The Morgan fingerprint density at radius 1 is 1.17 bits per heavy atom. The number of hydrogen-bond acceptors (Lipinski definition) is 5. The first-order chi connectivity index (χ1) is 10.7. The molecule has 2 aromatic rings. The van der Waals surface area contributed by atoms with Gasteiger partial charge in [-0.05, 0) is 38.1 Å². The highest BCUT2D eigenvalue weighted by atomic mass is 32.2. The largest absolute Gasteiger partial charge is 0.469 e. The van der Waals surface area contributed by atoms with Crippen LogP contribution < -0.4 is 9.64 Å². The van der Waals surface area contributed by atoms with Gasteiger partial charge in [0.1, 0.15) is 5.75 Å². The lowest BCUT2D eigenvalue weighted by molar-refractivity contribution is 0.251. The molecule has 1 heterocycles. The maximum absolute atomic E-state index is 10.5. The smallest absolute Gasteiger partial charge is 0.294 e. The summed E-state index contributed by atoms with van der Waals surface area (Å²) in [7, 11) is -2.01. The van der Waals surface area contributed by atoms with Crippen molar-refractivity contribution in [3.05, 3.63) is 48.0 Å². The van der Waals surface area contributed by atoms with Gasteiger partial charge in [-0.2, -0.15) is 8.42 Å². The molecule has 2 aromatic carbocycles. The first-order valence-electron chi connectivity index (χ1n) is 6.96. The molecule has 1 aliphatic rings. The summed E-state index contributed by atoms with van der Waals surface area (Å²) in [5, 5.41) is 0. The summed E-state index contributed by atoms with van der Waals surface area (Å²) in [4.78, 5) is 2.99. The van der Waals surface area contributed by atoms with Crippen LogP contribution >= 0.6 is 12.6 Å². The molecule has 0 fully saturated rings. The third-order valence-electron chi connectivity index (χ3n) is 3.49. The Kier molecular flexibility index (Phi) is 5.23. The van der Waals surface area contributed by atoms with Crippen LogP contribution in [0.2, 0.25) is 0 Å². The molecule has 0 radical (unpaired) electrons. The fraction of sp³-hybridized carbons (Fsp3) is 0.250. The quantitative estimate of drug-likeness (QED) is 0.608. The number of nitrogens with zero attached hydrogens (tertiary/aromatic N) is 1. The summed E-state index contributed by atoms with van der Waals surface area (Å²) in [5.41, 5.74) is 2.05. The molecule has 0 aromatic heterocycles. The van der Waals surface area contributed by atoms with Crippen molar-refractivity contribution in [3.8, 4) is 5.75 Å². The van der Waals surface area contributed by atoms with Crippen molar-refractivity contribution >= 4 is 28.4 Å². The van der Waals surface area contributed by atoms with Gasteiger partial charge in [-0.15, -0.1) is 12.6 Å². The summed E-state index contributed by atoms with van der Waals surface area (Å²) in [6.45, 7) is 3.86. The molecule has 1 aliphatic heterocycles. The van der Waals surface area contributed by atoms with Crippen LogP contribution in [-0.4, -0.2) is 26.2 Å². The normalized spacial score (nSPS) is 16.2. The number of fused-ring (bicyclic) bond motifs is 1. The van der Waals surface area contributed by atoms with E-state index in [0.717, 1.165) is 21.9 Å². The number of benzene rings is 2. The molecular weight excluding hydrogens is 334 g/mol. The van der Waals surface area contributed by atoms with Crippen molar-refractivity contribution in [2.75, 3.05) is 11.9 Å². The van der Waals surface area contributed by atoms with Crippen LogP contribution in [0.15, 0.2) is 52.3 Å². The first-order valence-corrected chi connectivity index (χ1v) is 8.84. The van der Waals surface area contributed by atoms with Gasteiger partial charge >= 0.3 is 0 Å². The Hall–Kier alpha value is -1.70. The maximum Gasteiger partial charge on any atom is 0.294 e. The molecule has 7 heteroatoms. The van der Waals surface area contributed by atoms with E-state index in [1.807, 2.05) is 39.1 Å². The summed E-state index contributed by atoms with van der Waals surface area (Å²) < 4.78 is 35.1. The number of aryl methyl sites for hydroxylation is 1. The second-order valence-corrected chi connectivity index (χ2v) is 7.14. The molecule has 5 nitrogen and oxygen atoms in total. The van der Waals surface area contributed by atoms with E-state index in [9.17, 15) is 8.42 Å². The van der Waals surface area contributed by atoms with Gasteiger partial charge in [0.2, 0.25) is 0 Å². The Morgan fingerprint density at radius 3 is 2.30 bits per heavy atom. The minimum atomic E-state index is -4.02. The van der Waals surface area contributed by atoms with E-state index in [2.05, 4.69) is 17.5 Å². The number of anilines is 1. The van der Waals surface area contributed by atoms with Crippen LogP contribution in [0, 0.1) is 6.92 Å². The van der Waals surface area contributed by atoms with Crippen LogP contribution in [0.4, 0.5) is 5.69 Å². The van der Waals surface area contributed by atoms with Gasteiger partial charge in [0.05, 0.1) is 10.6 Å². The molecule has 0 saturated heterocycles. The van der Waals surface area contributed by atoms with Crippen molar-refractivity contribution < 1.29 is 17.7 Å². The summed E-state index contributed by atoms with van der Waals surface area (Å²) in [5.74, 6) is 0.928. The van der Waals surface area contributed by atoms with Gasteiger partial charge in [0, 0.05) is 11.9 Å². The van der Waals surface area contributed by atoms with E-state index in [1.54, 1.807) is 12.1 Å². The van der Waals surface area contributed by atoms with Gasteiger partial charge in [-0.1, -0.05) is 23.8 Å². The lowest BCUT2D eigenvalue weighted by Gasteiger charge is -2.16. The SMILES string of the molecule is CC1Oc2cccc(S)c2N1C.Cc1ccc(S(=O)(=O)O)cc1. The van der Waals surface area contributed by atoms with E-state index in [4.69, 9.17) is 9.29 Å². The van der Waals surface area contributed by atoms with Gasteiger partial charge in [-0.3, -0.25) is 4.55 Å². The average Bonchev–Trinajstić information content (AvgIpc) is 2.75. The lowest BCUT2D eigenvalue weighted by atomic mass is 10.2. The lowest BCUT2D eigenvalue weighted by Crippen LogP contribution is -2.27. The fourth-order valence-corrected chi connectivity index (χ4v) is 2.95. The van der Waals surface area contributed by atoms with Gasteiger partial charge < -0.3 is 9.64 Å². The summed E-state index contributed by atoms with van der Waals surface area (Å²) in [6, 6.07) is 11.9. The zero-order valence-electron chi connectivity index (χ0n) is 13.1. The molecule has 1 N–H and O–H groups in total. The van der Waals surface area contributed by atoms with Crippen molar-refractivity contribution in [1.29, 1.82) is 0 Å². The van der Waals surface area contributed by atoms with E-state index in [0.29, 0.717) is 0 Å². The number of hydrogen-bond donors (Lipinski definition) is 2. The van der Waals surface area contributed by atoms with Gasteiger partial charge in [-0.25, -0.2) is 0 Å². The van der Waals surface area contributed by atoms with Crippen LogP contribution in [0.25, 0.3) is 0 Å². The van der Waals surface area contributed by atoms with Crippen molar-refractivity contribution in [2.24, 2.45) is 0 Å².